The highest BCUT2D eigenvalue weighted by atomic mass is 16.7. The van der Waals surface area contributed by atoms with Crippen molar-refractivity contribution in [3.63, 3.8) is 0 Å². The average molecular weight is 303 g/mol. The predicted molar refractivity (Wildman–Crippen MR) is 79.2 cm³/mol. The molecule has 1 heterocycles. The third kappa shape index (κ3) is 3.95. The van der Waals surface area contributed by atoms with Crippen LogP contribution in [0.15, 0.2) is 36.4 Å². The van der Waals surface area contributed by atoms with Gasteiger partial charge in [0.05, 0.1) is 0 Å². The average Bonchev–Trinajstić information content (AvgIpc) is 2.52. The molecule has 0 radical (unpaired) electrons. The fraction of sp³-hybridized carbons (Fsp3) is 0.250. The summed E-state index contributed by atoms with van der Waals surface area (Å²) in [5.74, 6) is -0.907. The fourth-order valence-electron chi connectivity index (χ4n) is 1.87. The standard InChI is InChI=1S/C16H17NO5/c1-11-8-13(16(18)19)14(22-10-20-2)15(17-11)21-9-12-6-4-3-5-7-12/h3-8H,9-10H2,1-2H3,(H,18,19). The smallest absolute Gasteiger partial charge is 0.339 e. The number of carbonyl (C=O) groups is 1. The number of hydrogen-bond acceptors (Lipinski definition) is 5. The Morgan fingerprint density at radius 1 is 1.23 bits per heavy atom. The molecule has 0 spiro atoms. The van der Waals surface area contributed by atoms with Crippen LogP contribution >= 0.6 is 0 Å². The molecule has 2 aromatic rings. The van der Waals surface area contributed by atoms with E-state index < -0.39 is 5.97 Å². The number of rotatable bonds is 7. The number of aryl methyl sites for hydroxylation is 1. The highest BCUT2D eigenvalue weighted by Gasteiger charge is 2.20. The lowest BCUT2D eigenvalue weighted by atomic mass is 10.2. The second-order valence-corrected chi connectivity index (χ2v) is 4.58. The largest absolute Gasteiger partial charge is 0.478 e. The number of pyridine rings is 1. The summed E-state index contributed by atoms with van der Waals surface area (Å²) < 4.78 is 15.8. The number of nitrogens with zero attached hydrogens (tertiary/aromatic N) is 1. The van der Waals surface area contributed by atoms with E-state index in [4.69, 9.17) is 14.2 Å². The van der Waals surface area contributed by atoms with Gasteiger partial charge < -0.3 is 19.3 Å². The van der Waals surface area contributed by atoms with Crippen molar-refractivity contribution in [2.45, 2.75) is 13.5 Å². The van der Waals surface area contributed by atoms with E-state index in [-0.39, 0.29) is 30.6 Å². The van der Waals surface area contributed by atoms with Crippen LogP contribution < -0.4 is 9.47 Å². The Kier molecular flexibility index (Phi) is 5.32. The number of hydrogen-bond donors (Lipinski definition) is 1. The van der Waals surface area contributed by atoms with Crippen LogP contribution in [-0.2, 0) is 11.3 Å². The molecular weight excluding hydrogens is 286 g/mol. The molecule has 0 aliphatic rings. The summed E-state index contributed by atoms with van der Waals surface area (Å²) in [5.41, 5.74) is 1.47. The third-order valence-electron chi connectivity index (χ3n) is 2.84. The van der Waals surface area contributed by atoms with Gasteiger partial charge in [-0.15, -0.1) is 0 Å². The maximum absolute atomic E-state index is 11.4. The highest BCUT2D eigenvalue weighted by Crippen LogP contribution is 2.31. The van der Waals surface area contributed by atoms with Crippen molar-refractivity contribution < 1.29 is 24.1 Å². The van der Waals surface area contributed by atoms with E-state index in [1.807, 2.05) is 30.3 Å². The molecule has 0 bridgehead atoms. The molecule has 0 fully saturated rings. The monoisotopic (exact) mass is 303 g/mol. The van der Waals surface area contributed by atoms with Crippen LogP contribution in [0.25, 0.3) is 0 Å². The minimum atomic E-state index is -1.11. The first-order valence-corrected chi connectivity index (χ1v) is 6.65. The van der Waals surface area contributed by atoms with Crippen LogP contribution in [0.3, 0.4) is 0 Å². The second-order valence-electron chi connectivity index (χ2n) is 4.58. The van der Waals surface area contributed by atoms with Crippen LogP contribution in [0.1, 0.15) is 21.6 Å². The molecule has 0 aliphatic heterocycles. The van der Waals surface area contributed by atoms with E-state index >= 15 is 0 Å². The molecule has 1 aromatic carbocycles. The number of carboxylic acid groups (broad SMARTS) is 1. The Bertz CT molecular complexity index is 642. The summed E-state index contributed by atoms with van der Waals surface area (Å²) in [4.78, 5) is 15.6. The van der Waals surface area contributed by atoms with Gasteiger partial charge in [0, 0.05) is 12.8 Å². The molecule has 0 atom stereocenters. The van der Waals surface area contributed by atoms with E-state index in [0.717, 1.165) is 5.56 Å². The van der Waals surface area contributed by atoms with Gasteiger partial charge in [0.25, 0.3) is 5.88 Å². The molecule has 0 aliphatic carbocycles. The zero-order valence-corrected chi connectivity index (χ0v) is 12.4. The molecule has 6 nitrogen and oxygen atoms in total. The Morgan fingerprint density at radius 2 is 1.95 bits per heavy atom. The first-order chi connectivity index (χ1) is 10.6. The summed E-state index contributed by atoms with van der Waals surface area (Å²) in [6.07, 6.45) is 0. The molecule has 0 saturated carbocycles. The maximum atomic E-state index is 11.4. The van der Waals surface area contributed by atoms with Crippen molar-refractivity contribution in [1.29, 1.82) is 0 Å². The topological polar surface area (TPSA) is 77.9 Å². The predicted octanol–water partition coefficient (Wildman–Crippen LogP) is 2.65. The molecule has 116 valence electrons. The Morgan fingerprint density at radius 3 is 2.59 bits per heavy atom. The Balaban J connectivity index is 2.29. The van der Waals surface area contributed by atoms with Crippen LogP contribution in [0, 0.1) is 6.92 Å². The van der Waals surface area contributed by atoms with Gasteiger partial charge in [-0.1, -0.05) is 30.3 Å². The van der Waals surface area contributed by atoms with Gasteiger partial charge in [0.15, 0.2) is 12.5 Å². The molecule has 1 aromatic heterocycles. The van der Waals surface area contributed by atoms with Gasteiger partial charge in [-0.05, 0) is 18.6 Å². The zero-order chi connectivity index (χ0) is 15.9. The van der Waals surface area contributed by atoms with Gasteiger partial charge in [0.2, 0.25) is 0 Å². The number of ether oxygens (including phenoxy) is 3. The normalized spacial score (nSPS) is 10.3. The van der Waals surface area contributed by atoms with Crippen molar-refractivity contribution in [2.24, 2.45) is 0 Å². The van der Waals surface area contributed by atoms with E-state index in [0.29, 0.717) is 5.69 Å². The summed E-state index contributed by atoms with van der Waals surface area (Å²) in [6, 6.07) is 10.9. The molecule has 0 unspecified atom stereocenters. The minimum absolute atomic E-state index is 0.00684. The number of methoxy groups -OCH3 is 1. The van der Waals surface area contributed by atoms with Crippen molar-refractivity contribution in [1.82, 2.24) is 4.98 Å². The third-order valence-corrected chi connectivity index (χ3v) is 2.84. The molecule has 6 heteroatoms. The second kappa shape index (κ2) is 7.42. The van der Waals surface area contributed by atoms with Gasteiger partial charge in [-0.2, -0.15) is 0 Å². The quantitative estimate of drug-likeness (QED) is 0.792. The van der Waals surface area contributed by atoms with Gasteiger partial charge >= 0.3 is 5.97 Å². The van der Waals surface area contributed by atoms with E-state index in [9.17, 15) is 9.90 Å². The Hall–Kier alpha value is -2.60. The number of carboxylic acids is 1. The zero-order valence-electron chi connectivity index (χ0n) is 12.4. The molecule has 1 N–H and O–H groups in total. The van der Waals surface area contributed by atoms with Crippen molar-refractivity contribution in [3.8, 4) is 11.6 Å². The summed E-state index contributed by atoms with van der Waals surface area (Å²) >= 11 is 0. The number of benzene rings is 1. The number of aromatic carboxylic acids is 1. The minimum Gasteiger partial charge on any atom is -0.478 e. The summed E-state index contributed by atoms with van der Waals surface area (Å²) in [7, 11) is 1.45. The van der Waals surface area contributed by atoms with Gasteiger partial charge in [-0.3, -0.25) is 0 Å². The first kappa shape index (κ1) is 15.8. The van der Waals surface area contributed by atoms with E-state index in [2.05, 4.69) is 4.98 Å². The SMILES string of the molecule is COCOc1c(C(=O)O)cc(C)nc1OCc1ccccc1. The molecule has 22 heavy (non-hydrogen) atoms. The Labute approximate surface area is 128 Å². The highest BCUT2D eigenvalue weighted by molar-refractivity contribution is 5.91. The van der Waals surface area contributed by atoms with Crippen LogP contribution in [0.2, 0.25) is 0 Å². The van der Waals surface area contributed by atoms with E-state index in [1.165, 1.54) is 13.2 Å². The molecule has 2 rings (SSSR count). The van der Waals surface area contributed by atoms with Gasteiger partial charge in [0.1, 0.15) is 12.2 Å². The first-order valence-electron chi connectivity index (χ1n) is 6.65. The summed E-state index contributed by atoms with van der Waals surface area (Å²) in [5, 5.41) is 9.29. The van der Waals surface area contributed by atoms with Crippen molar-refractivity contribution in [2.75, 3.05) is 13.9 Å². The maximum Gasteiger partial charge on any atom is 0.339 e. The summed E-state index contributed by atoms with van der Waals surface area (Å²) in [6.45, 7) is 1.87. The molecular formula is C16H17NO5. The number of aromatic nitrogens is 1. The van der Waals surface area contributed by atoms with E-state index in [1.54, 1.807) is 6.92 Å². The lowest BCUT2D eigenvalue weighted by Crippen LogP contribution is -2.10. The molecule has 0 amide bonds. The fourth-order valence-corrected chi connectivity index (χ4v) is 1.87. The van der Waals surface area contributed by atoms with Crippen LogP contribution in [-0.4, -0.2) is 30.0 Å². The van der Waals surface area contributed by atoms with Crippen molar-refractivity contribution >= 4 is 5.97 Å². The lowest BCUT2D eigenvalue weighted by molar-refractivity contribution is 0.0450. The lowest BCUT2D eigenvalue weighted by Gasteiger charge is -2.14. The van der Waals surface area contributed by atoms with Crippen molar-refractivity contribution in [3.05, 3.63) is 53.2 Å². The van der Waals surface area contributed by atoms with Gasteiger partial charge in [-0.25, -0.2) is 9.78 Å². The van der Waals surface area contributed by atoms with Crippen LogP contribution in [0.5, 0.6) is 11.6 Å². The molecule has 0 saturated heterocycles. The van der Waals surface area contributed by atoms with Crippen LogP contribution in [0.4, 0.5) is 0 Å².